The first-order chi connectivity index (χ1) is 6.25. The Hall–Kier alpha value is -0.980. The molecule has 13 heavy (non-hydrogen) atoms. The Labute approximate surface area is 87.7 Å². The molecule has 0 fully saturated rings. The van der Waals surface area contributed by atoms with Gasteiger partial charge in [-0.1, -0.05) is 0 Å². The minimum Gasteiger partial charge on any atom is -0.238 e. The van der Waals surface area contributed by atoms with Crippen molar-refractivity contribution in [2.24, 2.45) is 0 Å². The fourth-order valence-corrected chi connectivity index (χ4v) is 1.33. The summed E-state index contributed by atoms with van der Waals surface area (Å²) in [5.41, 5.74) is 0.754. The Bertz CT molecular complexity index is 410. The van der Waals surface area contributed by atoms with Gasteiger partial charge in [-0.05, 0) is 34.7 Å². The lowest BCUT2D eigenvalue weighted by Gasteiger charge is -1.98. The molecule has 2 aromatic heterocycles. The number of pyridine rings is 1. The second kappa shape index (κ2) is 3.41. The van der Waals surface area contributed by atoms with Crippen LogP contribution in [0.15, 0.2) is 30.7 Å². The Balaban J connectivity index is 2.41. The Morgan fingerprint density at radius 1 is 1.31 bits per heavy atom. The Kier molecular flexibility index (Phi) is 2.26. The topological polar surface area (TPSA) is 30.7 Å². The molecular weight excluding hydrogens is 284 g/mol. The second-order valence-electron chi connectivity index (χ2n) is 2.44. The summed E-state index contributed by atoms with van der Waals surface area (Å²) in [6, 6.07) is 2.94. The van der Waals surface area contributed by atoms with Crippen molar-refractivity contribution in [3.63, 3.8) is 0 Å². The van der Waals surface area contributed by atoms with Crippen molar-refractivity contribution < 1.29 is 4.39 Å². The highest BCUT2D eigenvalue weighted by atomic mass is 127. The van der Waals surface area contributed by atoms with E-state index in [1.165, 1.54) is 12.3 Å². The number of aromatic nitrogens is 3. The number of rotatable bonds is 1. The van der Waals surface area contributed by atoms with Crippen LogP contribution >= 0.6 is 22.6 Å². The lowest BCUT2D eigenvalue weighted by atomic mass is 10.4. The molecule has 0 N–H and O–H groups in total. The van der Waals surface area contributed by atoms with Crippen molar-refractivity contribution >= 4 is 22.6 Å². The summed E-state index contributed by atoms with van der Waals surface area (Å²) in [5, 5.41) is 4.06. The first-order valence-corrected chi connectivity index (χ1v) is 4.66. The molecule has 0 radical (unpaired) electrons. The van der Waals surface area contributed by atoms with E-state index in [0.717, 1.165) is 9.26 Å². The molecular formula is C8H5FIN3. The zero-order valence-electron chi connectivity index (χ0n) is 6.48. The van der Waals surface area contributed by atoms with Gasteiger partial charge in [0.1, 0.15) is 0 Å². The molecule has 2 aromatic rings. The summed E-state index contributed by atoms with van der Waals surface area (Å²) in [4.78, 5) is 3.53. The van der Waals surface area contributed by atoms with Gasteiger partial charge in [0.05, 0.1) is 21.7 Å². The first kappa shape index (κ1) is 8.61. The number of hydrogen-bond donors (Lipinski definition) is 0. The van der Waals surface area contributed by atoms with Crippen LogP contribution in [0, 0.1) is 9.52 Å². The maximum Gasteiger partial charge on any atom is 0.212 e. The van der Waals surface area contributed by atoms with Gasteiger partial charge in [0, 0.05) is 6.20 Å². The van der Waals surface area contributed by atoms with Crippen molar-refractivity contribution in [2.45, 2.75) is 0 Å². The molecule has 0 saturated carbocycles. The molecule has 0 bridgehead atoms. The number of halogens is 2. The molecule has 0 spiro atoms. The molecule has 0 aliphatic carbocycles. The van der Waals surface area contributed by atoms with Crippen LogP contribution in [0.25, 0.3) is 5.69 Å². The number of hydrogen-bond acceptors (Lipinski definition) is 2. The maximum absolute atomic E-state index is 12.5. The minimum atomic E-state index is -0.481. The number of nitrogens with zero attached hydrogens (tertiary/aromatic N) is 3. The third-order valence-corrected chi connectivity index (χ3v) is 2.08. The van der Waals surface area contributed by atoms with Gasteiger partial charge >= 0.3 is 0 Å². The van der Waals surface area contributed by atoms with E-state index in [9.17, 15) is 4.39 Å². The standard InChI is InChI=1S/C8H5FIN3/c9-8-2-1-7(4-11-8)13-5-6(10)3-12-13/h1-5H. The average Bonchev–Trinajstić information content (AvgIpc) is 2.53. The van der Waals surface area contributed by atoms with Crippen LogP contribution in [0.5, 0.6) is 0 Å². The summed E-state index contributed by atoms with van der Waals surface area (Å²) in [6.45, 7) is 0. The summed E-state index contributed by atoms with van der Waals surface area (Å²) in [6.07, 6.45) is 5.01. The molecule has 0 aliphatic heterocycles. The average molecular weight is 289 g/mol. The molecule has 2 rings (SSSR count). The molecule has 2 heterocycles. The predicted octanol–water partition coefficient (Wildman–Crippen LogP) is 2.01. The van der Waals surface area contributed by atoms with Crippen LogP contribution in [0.2, 0.25) is 0 Å². The van der Waals surface area contributed by atoms with E-state index in [1.807, 2.05) is 6.20 Å². The SMILES string of the molecule is Fc1ccc(-n2cc(I)cn2)cn1. The summed E-state index contributed by atoms with van der Waals surface area (Å²) in [7, 11) is 0. The van der Waals surface area contributed by atoms with Gasteiger partial charge in [-0.2, -0.15) is 9.49 Å². The van der Waals surface area contributed by atoms with Crippen molar-refractivity contribution in [3.8, 4) is 5.69 Å². The quantitative estimate of drug-likeness (QED) is 0.594. The zero-order chi connectivity index (χ0) is 9.26. The van der Waals surface area contributed by atoms with Gasteiger partial charge < -0.3 is 0 Å². The van der Waals surface area contributed by atoms with Crippen LogP contribution in [0.4, 0.5) is 4.39 Å². The minimum absolute atomic E-state index is 0.481. The molecule has 0 atom stereocenters. The van der Waals surface area contributed by atoms with Crippen molar-refractivity contribution in [1.82, 2.24) is 14.8 Å². The highest BCUT2D eigenvalue weighted by Gasteiger charge is 1.98. The van der Waals surface area contributed by atoms with Crippen LogP contribution in [-0.4, -0.2) is 14.8 Å². The fourth-order valence-electron chi connectivity index (χ4n) is 0.946. The van der Waals surface area contributed by atoms with E-state index in [-0.39, 0.29) is 0 Å². The molecule has 5 heteroatoms. The third kappa shape index (κ3) is 1.85. The van der Waals surface area contributed by atoms with Crippen LogP contribution in [0.1, 0.15) is 0 Å². The molecule has 0 aromatic carbocycles. The monoisotopic (exact) mass is 289 g/mol. The van der Waals surface area contributed by atoms with E-state index >= 15 is 0 Å². The zero-order valence-corrected chi connectivity index (χ0v) is 8.64. The van der Waals surface area contributed by atoms with Crippen molar-refractivity contribution in [3.05, 3.63) is 40.2 Å². The first-order valence-electron chi connectivity index (χ1n) is 3.58. The van der Waals surface area contributed by atoms with E-state index < -0.39 is 5.95 Å². The predicted molar refractivity (Wildman–Crippen MR) is 54.0 cm³/mol. The van der Waals surface area contributed by atoms with E-state index in [1.54, 1.807) is 16.9 Å². The van der Waals surface area contributed by atoms with E-state index in [2.05, 4.69) is 32.7 Å². The highest BCUT2D eigenvalue weighted by Crippen LogP contribution is 2.08. The van der Waals surface area contributed by atoms with Gasteiger partial charge in [-0.25, -0.2) is 9.67 Å². The molecule has 0 amide bonds. The van der Waals surface area contributed by atoms with E-state index in [4.69, 9.17) is 0 Å². The summed E-state index contributed by atoms with van der Waals surface area (Å²) < 4.78 is 15.1. The van der Waals surface area contributed by atoms with Crippen LogP contribution in [-0.2, 0) is 0 Å². The van der Waals surface area contributed by atoms with Crippen LogP contribution < -0.4 is 0 Å². The molecule has 0 saturated heterocycles. The lowest BCUT2D eigenvalue weighted by molar-refractivity contribution is 0.582. The normalized spacial score (nSPS) is 10.3. The van der Waals surface area contributed by atoms with Gasteiger partial charge in [-0.15, -0.1) is 0 Å². The molecule has 66 valence electrons. The van der Waals surface area contributed by atoms with Crippen molar-refractivity contribution in [1.29, 1.82) is 0 Å². The van der Waals surface area contributed by atoms with Gasteiger partial charge in [0.2, 0.25) is 5.95 Å². The van der Waals surface area contributed by atoms with Crippen LogP contribution in [0.3, 0.4) is 0 Å². The summed E-state index contributed by atoms with van der Waals surface area (Å²) in [5.74, 6) is -0.481. The van der Waals surface area contributed by atoms with Gasteiger partial charge in [0.25, 0.3) is 0 Å². The van der Waals surface area contributed by atoms with Crippen molar-refractivity contribution in [2.75, 3.05) is 0 Å². The van der Waals surface area contributed by atoms with Gasteiger partial charge in [0.15, 0.2) is 0 Å². The maximum atomic E-state index is 12.5. The Morgan fingerprint density at radius 2 is 2.15 bits per heavy atom. The summed E-state index contributed by atoms with van der Waals surface area (Å²) >= 11 is 2.16. The largest absolute Gasteiger partial charge is 0.238 e. The smallest absolute Gasteiger partial charge is 0.212 e. The fraction of sp³-hybridized carbons (Fsp3) is 0. The lowest BCUT2D eigenvalue weighted by Crippen LogP contribution is -1.95. The molecule has 0 unspecified atom stereocenters. The van der Waals surface area contributed by atoms with Gasteiger partial charge in [-0.3, -0.25) is 0 Å². The second-order valence-corrected chi connectivity index (χ2v) is 3.69. The Morgan fingerprint density at radius 3 is 2.69 bits per heavy atom. The highest BCUT2D eigenvalue weighted by molar-refractivity contribution is 14.1. The third-order valence-electron chi connectivity index (χ3n) is 1.53. The van der Waals surface area contributed by atoms with E-state index in [0.29, 0.717) is 0 Å². The molecule has 0 aliphatic rings. The molecule has 3 nitrogen and oxygen atoms in total.